The molecule has 5 heteroatoms. The summed E-state index contributed by atoms with van der Waals surface area (Å²) in [6.07, 6.45) is 1.24. The fourth-order valence-corrected chi connectivity index (χ4v) is 2.19. The van der Waals surface area contributed by atoms with Gasteiger partial charge < -0.3 is 19.6 Å². The van der Waals surface area contributed by atoms with Crippen molar-refractivity contribution in [2.24, 2.45) is 0 Å². The molecule has 0 unspecified atom stereocenters. The molecule has 0 bridgehead atoms. The third-order valence-corrected chi connectivity index (χ3v) is 3.23. The normalized spacial score (nSPS) is 13.8. The molecule has 0 spiro atoms. The van der Waals surface area contributed by atoms with Gasteiger partial charge in [0.15, 0.2) is 0 Å². The lowest BCUT2D eigenvalue weighted by Gasteiger charge is -2.17. The molecule has 1 aromatic carbocycles. The number of fused-ring (bicyclic) bond motifs is 1. The molecule has 0 fully saturated rings. The first-order valence-corrected chi connectivity index (χ1v) is 6.48. The predicted molar refractivity (Wildman–Crippen MR) is 72.4 cm³/mol. The minimum atomic E-state index is -0.113. The van der Waals surface area contributed by atoms with Crippen LogP contribution in [0, 0.1) is 0 Å². The average molecular weight is 273 g/mol. The maximum Gasteiger partial charge on any atom is 0.224 e. The molecule has 20 heavy (non-hydrogen) atoms. The monoisotopic (exact) mass is 273 g/mol. The van der Waals surface area contributed by atoms with Crippen LogP contribution in [0.5, 0.6) is 5.75 Å². The number of nitrogens with one attached hydrogen (secondary N) is 1. The molecule has 1 aliphatic rings. The second kappa shape index (κ2) is 5.38. The lowest BCUT2D eigenvalue weighted by molar-refractivity contribution is -0.116. The SMILES string of the molecule is O=C1CCc2cc(OCc3ccc(CO)o3)ccc2N1. The highest BCUT2D eigenvalue weighted by Gasteiger charge is 2.15. The summed E-state index contributed by atoms with van der Waals surface area (Å²) in [4.78, 5) is 11.3. The zero-order valence-corrected chi connectivity index (χ0v) is 10.9. The first-order chi connectivity index (χ1) is 9.74. The van der Waals surface area contributed by atoms with E-state index in [4.69, 9.17) is 14.3 Å². The third kappa shape index (κ3) is 2.67. The number of carbonyl (C=O) groups is 1. The maximum atomic E-state index is 11.3. The molecule has 0 aliphatic carbocycles. The second-order valence-corrected chi connectivity index (χ2v) is 4.68. The Morgan fingerprint density at radius 3 is 2.85 bits per heavy atom. The number of aliphatic hydroxyl groups excluding tert-OH is 1. The summed E-state index contributed by atoms with van der Waals surface area (Å²) in [6, 6.07) is 9.11. The van der Waals surface area contributed by atoms with Crippen LogP contribution in [0.15, 0.2) is 34.7 Å². The Kier molecular flexibility index (Phi) is 3.43. The van der Waals surface area contributed by atoms with E-state index in [1.807, 2.05) is 18.2 Å². The van der Waals surface area contributed by atoms with Gasteiger partial charge in [0.2, 0.25) is 5.91 Å². The summed E-state index contributed by atoms with van der Waals surface area (Å²) in [5, 5.41) is 11.8. The molecular weight excluding hydrogens is 258 g/mol. The van der Waals surface area contributed by atoms with E-state index in [1.54, 1.807) is 12.1 Å². The van der Waals surface area contributed by atoms with E-state index >= 15 is 0 Å². The third-order valence-electron chi connectivity index (χ3n) is 3.23. The number of hydrogen-bond donors (Lipinski definition) is 2. The predicted octanol–water partition coefficient (Wildman–Crippen LogP) is 2.24. The van der Waals surface area contributed by atoms with Crippen molar-refractivity contribution >= 4 is 11.6 Å². The Hall–Kier alpha value is -2.27. The molecule has 3 rings (SSSR count). The standard InChI is InChI=1S/C15H15NO4/c17-8-12-2-3-13(20-12)9-19-11-4-5-14-10(7-11)1-6-15(18)16-14/h2-5,7,17H,1,6,8-9H2,(H,16,18). The number of carbonyl (C=O) groups excluding carboxylic acids is 1. The van der Waals surface area contributed by atoms with Gasteiger partial charge in [0.05, 0.1) is 0 Å². The quantitative estimate of drug-likeness (QED) is 0.896. The maximum absolute atomic E-state index is 11.3. The number of furan rings is 1. The van der Waals surface area contributed by atoms with Gasteiger partial charge in [-0.3, -0.25) is 4.79 Å². The van der Waals surface area contributed by atoms with Crippen molar-refractivity contribution in [2.45, 2.75) is 26.1 Å². The molecule has 1 amide bonds. The number of ether oxygens (including phenoxy) is 1. The van der Waals surface area contributed by atoms with Crippen LogP contribution in [0.25, 0.3) is 0 Å². The average Bonchev–Trinajstić information content (AvgIpc) is 2.93. The van der Waals surface area contributed by atoms with Gasteiger partial charge >= 0.3 is 0 Å². The Labute approximate surface area is 116 Å². The fourth-order valence-electron chi connectivity index (χ4n) is 2.19. The Bertz CT molecular complexity index is 633. The molecule has 2 aromatic rings. The van der Waals surface area contributed by atoms with Crippen LogP contribution in [0.1, 0.15) is 23.5 Å². The Balaban J connectivity index is 1.67. The number of anilines is 1. The second-order valence-electron chi connectivity index (χ2n) is 4.68. The van der Waals surface area contributed by atoms with E-state index in [2.05, 4.69) is 5.32 Å². The number of hydrogen-bond acceptors (Lipinski definition) is 4. The summed E-state index contributed by atoms with van der Waals surface area (Å²) in [7, 11) is 0. The molecule has 0 atom stereocenters. The van der Waals surface area contributed by atoms with Crippen LogP contribution >= 0.6 is 0 Å². The van der Waals surface area contributed by atoms with Crippen molar-refractivity contribution in [1.82, 2.24) is 0 Å². The van der Waals surface area contributed by atoms with Gasteiger partial charge in [0.1, 0.15) is 30.5 Å². The van der Waals surface area contributed by atoms with Crippen molar-refractivity contribution in [1.29, 1.82) is 0 Å². The number of amides is 1. The summed E-state index contributed by atoms with van der Waals surface area (Å²) < 4.78 is 11.0. The lowest BCUT2D eigenvalue weighted by Crippen LogP contribution is -2.18. The zero-order valence-electron chi connectivity index (χ0n) is 10.9. The van der Waals surface area contributed by atoms with Crippen molar-refractivity contribution < 1.29 is 19.1 Å². The Morgan fingerprint density at radius 2 is 2.05 bits per heavy atom. The van der Waals surface area contributed by atoms with Crippen LogP contribution in [0.2, 0.25) is 0 Å². The van der Waals surface area contributed by atoms with Crippen molar-refractivity contribution in [3.05, 3.63) is 47.4 Å². The fraction of sp³-hybridized carbons (Fsp3) is 0.267. The van der Waals surface area contributed by atoms with E-state index in [-0.39, 0.29) is 12.5 Å². The molecule has 0 saturated carbocycles. The zero-order chi connectivity index (χ0) is 13.9. The van der Waals surface area contributed by atoms with Crippen LogP contribution in [0.3, 0.4) is 0 Å². The molecule has 2 heterocycles. The van der Waals surface area contributed by atoms with Gasteiger partial charge in [0.25, 0.3) is 0 Å². The molecule has 5 nitrogen and oxygen atoms in total. The van der Waals surface area contributed by atoms with Crippen molar-refractivity contribution in [3.63, 3.8) is 0 Å². The highest BCUT2D eigenvalue weighted by molar-refractivity contribution is 5.93. The molecular formula is C15H15NO4. The number of aryl methyl sites for hydroxylation is 1. The van der Waals surface area contributed by atoms with E-state index in [0.717, 1.165) is 23.4 Å². The van der Waals surface area contributed by atoms with Gasteiger partial charge in [-0.25, -0.2) is 0 Å². The van der Waals surface area contributed by atoms with E-state index in [9.17, 15) is 4.79 Å². The number of aliphatic hydroxyl groups is 1. The first-order valence-electron chi connectivity index (χ1n) is 6.48. The molecule has 2 N–H and O–H groups in total. The van der Waals surface area contributed by atoms with Gasteiger partial charge in [-0.1, -0.05) is 0 Å². The van der Waals surface area contributed by atoms with E-state index in [1.165, 1.54) is 0 Å². The van der Waals surface area contributed by atoms with Crippen molar-refractivity contribution in [3.8, 4) is 5.75 Å². The number of rotatable bonds is 4. The minimum absolute atomic E-state index is 0.0540. The molecule has 0 saturated heterocycles. The lowest BCUT2D eigenvalue weighted by atomic mass is 10.0. The molecule has 0 radical (unpaired) electrons. The van der Waals surface area contributed by atoms with Crippen LogP contribution < -0.4 is 10.1 Å². The van der Waals surface area contributed by atoms with Gasteiger partial charge in [-0.15, -0.1) is 0 Å². The Morgan fingerprint density at radius 1 is 1.20 bits per heavy atom. The van der Waals surface area contributed by atoms with Gasteiger partial charge in [-0.2, -0.15) is 0 Å². The summed E-state index contributed by atoms with van der Waals surface area (Å²) in [5.41, 5.74) is 1.94. The van der Waals surface area contributed by atoms with Gasteiger partial charge in [0, 0.05) is 12.1 Å². The molecule has 1 aromatic heterocycles. The summed E-state index contributed by atoms with van der Waals surface area (Å²) in [6.45, 7) is 0.198. The highest BCUT2D eigenvalue weighted by Crippen LogP contribution is 2.27. The minimum Gasteiger partial charge on any atom is -0.486 e. The summed E-state index contributed by atoms with van der Waals surface area (Å²) >= 11 is 0. The van der Waals surface area contributed by atoms with E-state index < -0.39 is 0 Å². The number of benzene rings is 1. The molecule has 104 valence electrons. The highest BCUT2D eigenvalue weighted by atomic mass is 16.5. The van der Waals surface area contributed by atoms with Gasteiger partial charge in [-0.05, 0) is 42.3 Å². The van der Waals surface area contributed by atoms with Crippen molar-refractivity contribution in [2.75, 3.05) is 5.32 Å². The van der Waals surface area contributed by atoms with Crippen LogP contribution in [-0.2, 0) is 24.4 Å². The van der Waals surface area contributed by atoms with Crippen LogP contribution in [-0.4, -0.2) is 11.0 Å². The van der Waals surface area contributed by atoms with E-state index in [0.29, 0.717) is 24.5 Å². The first kappa shape index (κ1) is 12.7. The smallest absolute Gasteiger partial charge is 0.224 e. The topological polar surface area (TPSA) is 71.7 Å². The molecule has 1 aliphatic heterocycles. The van der Waals surface area contributed by atoms with Crippen LogP contribution in [0.4, 0.5) is 5.69 Å². The largest absolute Gasteiger partial charge is 0.486 e. The summed E-state index contributed by atoms with van der Waals surface area (Å²) in [5.74, 6) is 1.98.